The number of amides is 1. The molecule has 3 aliphatic rings. The largest absolute Gasteiger partial charge is 0.494 e. The molecule has 0 aliphatic carbocycles. The normalized spacial score (nSPS) is 21.9. The van der Waals surface area contributed by atoms with Crippen molar-refractivity contribution in [1.29, 1.82) is 0 Å². The molecule has 4 heterocycles. The third-order valence-electron chi connectivity index (χ3n) is 8.29. The van der Waals surface area contributed by atoms with Crippen molar-refractivity contribution < 1.29 is 23.1 Å². The average molecular weight is 578 g/mol. The van der Waals surface area contributed by atoms with Crippen LogP contribution in [0.15, 0.2) is 55.4 Å². The number of ether oxygens (including phenoxy) is 1. The lowest BCUT2D eigenvalue weighted by Gasteiger charge is -2.26. The lowest BCUT2D eigenvalue weighted by molar-refractivity contribution is -0.111. The van der Waals surface area contributed by atoms with Gasteiger partial charge >= 0.3 is 0 Å². The number of hydrogen-bond acceptors (Lipinski definition) is 9. The molecule has 12 heteroatoms. The van der Waals surface area contributed by atoms with Gasteiger partial charge in [0, 0.05) is 43.2 Å². The van der Waals surface area contributed by atoms with Gasteiger partial charge < -0.3 is 25.2 Å². The fraction of sp³-hybridized carbons (Fsp3) is 0.367. The van der Waals surface area contributed by atoms with Crippen molar-refractivity contribution in [1.82, 2.24) is 14.9 Å². The fourth-order valence-electron chi connectivity index (χ4n) is 6.17. The zero-order valence-electron chi connectivity index (χ0n) is 23.5. The van der Waals surface area contributed by atoms with E-state index in [0.29, 0.717) is 53.7 Å². The second-order valence-corrected chi connectivity index (χ2v) is 10.8. The van der Waals surface area contributed by atoms with Gasteiger partial charge in [0.25, 0.3) is 0 Å². The molecule has 3 aliphatic heterocycles. The number of carbonyl (C=O) groups is 1. The first-order valence-corrected chi connectivity index (χ1v) is 13.9. The van der Waals surface area contributed by atoms with Gasteiger partial charge in [-0.2, -0.15) is 0 Å². The summed E-state index contributed by atoms with van der Waals surface area (Å²) in [6.45, 7) is 6.76. The number of hydrogen-bond donors (Lipinski definition) is 2. The van der Waals surface area contributed by atoms with E-state index in [9.17, 15) is 13.6 Å². The number of rotatable bonds is 8. The minimum atomic E-state index is -0.558. The van der Waals surface area contributed by atoms with Gasteiger partial charge in [-0.3, -0.25) is 9.63 Å². The van der Waals surface area contributed by atoms with Crippen molar-refractivity contribution in [2.75, 3.05) is 61.0 Å². The molecule has 3 atom stereocenters. The van der Waals surface area contributed by atoms with Crippen LogP contribution in [0.25, 0.3) is 0 Å². The standard InChI is InChI=1S/C30H33F2N7O3/c1-4-30(40)36-22-12-23(27(41-3)13-25(22)38-15-18-7-9-37(2)26(18)16-38)35-28-14-29(34-17-33-28)39-24(8-10-42-39)20-11-19(31)5-6-21(20)32/h4-6,11-14,17-18,24,26H,1,7-10,15-16H2,2-3H3,(H,36,40)(H,33,34,35)/t18-,24-,26+/m1/s1. The molecule has 3 saturated heterocycles. The van der Waals surface area contributed by atoms with Crippen LogP contribution in [0.3, 0.4) is 0 Å². The Morgan fingerprint density at radius 3 is 2.79 bits per heavy atom. The number of likely N-dealkylation sites (N-methyl/N-ethyl adjacent to an activating group) is 1. The number of carbonyl (C=O) groups excluding carboxylic acids is 1. The highest BCUT2D eigenvalue weighted by molar-refractivity contribution is 6.02. The number of nitrogens with one attached hydrogen (secondary N) is 2. The summed E-state index contributed by atoms with van der Waals surface area (Å²) in [6, 6.07) is 8.67. The topological polar surface area (TPSA) is 95.1 Å². The molecule has 1 aromatic heterocycles. The van der Waals surface area contributed by atoms with E-state index in [1.165, 1.54) is 23.5 Å². The summed E-state index contributed by atoms with van der Waals surface area (Å²) >= 11 is 0. The first-order valence-electron chi connectivity index (χ1n) is 13.9. The molecule has 0 unspecified atom stereocenters. The second kappa shape index (κ2) is 11.5. The molecule has 0 radical (unpaired) electrons. The Morgan fingerprint density at radius 2 is 2.00 bits per heavy atom. The summed E-state index contributed by atoms with van der Waals surface area (Å²) in [4.78, 5) is 31.5. The number of likely N-dealkylation sites (tertiary alicyclic amines) is 1. The predicted molar refractivity (Wildman–Crippen MR) is 156 cm³/mol. The van der Waals surface area contributed by atoms with Crippen LogP contribution in [0.5, 0.6) is 5.75 Å². The summed E-state index contributed by atoms with van der Waals surface area (Å²) < 4.78 is 34.3. The zero-order chi connectivity index (χ0) is 29.4. The van der Waals surface area contributed by atoms with Crippen molar-refractivity contribution in [2.24, 2.45) is 5.92 Å². The predicted octanol–water partition coefficient (Wildman–Crippen LogP) is 4.65. The van der Waals surface area contributed by atoms with Crippen molar-refractivity contribution >= 4 is 34.6 Å². The van der Waals surface area contributed by atoms with Crippen LogP contribution in [0, 0.1) is 17.6 Å². The SMILES string of the molecule is C=CC(=O)Nc1cc(Nc2cc(N3OCC[C@@H]3c3cc(F)ccc3F)ncn2)c(OC)cc1N1C[C@H]2CCN(C)[C@H]2C1. The Morgan fingerprint density at radius 1 is 1.14 bits per heavy atom. The van der Waals surface area contributed by atoms with Gasteiger partial charge in [-0.1, -0.05) is 6.58 Å². The Kier molecular flexibility index (Phi) is 7.65. The summed E-state index contributed by atoms with van der Waals surface area (Å²) in [5.74, 6) is 0.553. The molecule has 220 valence electrons. The van der Waals surface area contributed by atoms with Gasteiger partial charge in [0.2, 0.25) is 5.91 Å². The highest BCUT2D eigenvalue weighted by Crippen LogP contribution is 2.42. The molecular weight excluding hydrogens is 544 g/mol. The maximum atomic E-state index is 14.6. The number of methoxy groups -OCH3 is 1. The minimum absolute atomic E-state index is 0.192. The zero-order valence-corrected chi connectivity index (χ0v) is 23.5. The van der Waals surface area contributed by atoms with Crippen LogP contribution in [-0.2, 0) is 9.63 Å². The van der Waals surface area contributed by atoms with E-state index in [4.69, 9.17) is 9.57 Å². The number of hydroxylamine groups is 1. The number of fused-ring (bicyclic) bond motifs is 1. The molecule has 10 nitrogen and oxygen atoms in total. The quantitative estimate of drug-likeness (QED) is 0.371. The Labute approximate surface area is 242 Å². The monoisotopic (exact) mass is 577 g/mol. The molecule has 2 N–H and O–H groups in total. The summed E-state index contributed by atoms with van der Waals surface area (Å²) in [5.41, 5.74) is 2.24. The van der Waals surface area contributed by atoms with Crippen molar-refractivity contribution in [3.8, 4) is 5.75 Å². The van der Waals surface area contributed by atoms with Crippen LogP contribution < -0.4 is 25.3 Å². The van der Waals surface area contributed by atoms with E-state index >= 15 is 0 Å². The van der Waals surface area contributed by atoms with Crippen LogP contribution in [0.4, 0.5) is 37.5 Å². The molecular formula is C30H33F2N7O3. The number of anilines is 5. The summed E-state index contributed by atoms with van der Waals surface area (Å²) in [5, 5.41) is 7.68. The lowest BCUT2D eigenvalue weighted by atomic mass is 10.0. The van der Waals surface area contributed by atoms with Crippen LogP contribution >= 0.6 is 0 Å². The van der Waals surface area contributed by atoms with Crippen LogP contribution in [-0.4, -0.2) is 67.2 Å². The van der Waals surface area contributed by atoms with Gasteiger partial charge in [-0.05, 0) is 56.3 Å². The first kappa shape index (κ1) is 27.9. The number of nitrogens with zero attached hydrogens (tertiary/aromatic N) is 5. The third-order valence-corrected chi connectivity index (χ3v) is 8.29. The minimum Gasteiger partial charge on any atom is -0.494 e. The Bertz CT molecular complexity index is 1510. The highest BCUT2D eigenvalue weighted by atomic mass is 19.1. The van der Waals surface area contributed by atoms with Crippen molar-refractivity contribution in [3.05, 3.63) is 72.6 Å². The molecule has 6 rings (SSSR count). The number of benzene rings is 2. The van der Waals surface area contributed by atoms with Gasteiger partial charge in [0.05, 0.1) is 36.8 Å². The van der Waals surface area contributed by atoms with Crippen LogP contribution in [0.1, 0.15) is 24.4 Å². The molecule has 0 saturated carbocycles. The van der Waals surface area contributed by atoms with E-state index in [0.717, 1.165) is 43.9 Å². The fourth-order valence-corrected chi connectivity index (χ4v) is 6.17. The van der Waals surface area contributed by atoms with Gasteiger partial charge in [-0.25, -0.2) is 23.8 Å². The third kappa shape index (κ3) is 5.35. The summed E-state index contributed by atoms with van der Waals surface area (Å²) in [7, 11) is 3.74. The van der Waals surface area contributed by atoms with Crippen molar-refractivity contribution in [2.45, 2.75) is 24.9 Å². The van der Waals surface area contributed by atoms with Gasteiger partial charge in [0.15, 0.2) is 5.82 Å². The molecule has 2 aromatic carbocycles. The molecule has 3 fully saturated rings. The first-order chi connectivity index (χ1) is 20.3. The molecule has 0 bridgehead atoms. The number of halogens is 2. The van der Waals surface area contributed by atoms with E-state index in [1.807, 2.05) is 12.1 Å². The lowest BCUT2D eigenvalue weighted by Crippen LogP contribution is -2.32. The van der Waals surface area contributed by atoms with Gasteiger partial charge in [0.1, 0.15) is 29.5 Å². The van der Waals surface area contributed by atoms with E-state index < -0.39 is 17.7 Å². The number of aromatic nitrogens is 2. The van der Waals surface area contributed by atoms with E-state index in [1.54, 1.807) is 13.2 Å². The Hall–Kier alpha value is -4.29. The summed E-state index contributed by atoms with van der Waals surface area (Å²) in [6.07, 6.45) is 4.20. The maximum absolute atomic E-state index is 14.6. The maximum Gasteiger partial charge on any atom is 0.247 e. The van der Waals surface area contributed by atoms with Gasteiger partial charge in [-0.15, -0.1) is 0 Å². The van der Waals surface area contributed by atoms with E-state index in [2.05, 4.69) is 44.0 Å². The molecule has 1 amide bonds. The Balaban J connectivity index is 1.30. The smallest absolute Gasteiger partial charge is 0.247 e. The molecule has 3 aromatic rings. The van der Waals surface area contributed by atoms with Crippen molar-refractivity contribution in [3.63, 3.8) is 0 Å². The van der Waals surface area contributed by atoms with E-state index in [-0.39, 0.29) is 11.5 Å². The second-order valence-electron chi connectivity index (χ2n) is 10.8. The molecule has 42 heavy (non-hydrogen) atoms. The average Bonchev–Trinajstić information content (AvgIpc) is 3.72. The van der Waals surface area contributed by atoms with Crippen LogP contribution in [0.2, 0.25) is 0 Å². The molecule has 0 spiro atoms. The highest BCUT2D eigenvalue weighted by Gasteiger charge is 2.40.